The van der Waals surface area contributed by atoms with Crippen molar-refractivity contribution in [2.45, 2.75) is 19.4 Å². The van der Waals surface area contributed by atoms with Crippen molar-refractivity contribution in [3.8, 4) is 0 Å². The van der Waals surface area contributed by atoms with E-state index in [-0.39, 0.29) is 0 Å². The summed E-state index contributed by atoms with van der Waals surface area (Å²) >= 11 is 0. The first-order valence-electron chi connectivity index (χ1n) is 8.31. The maximum atomic E-state index is 4.42. The molecule has 2 aromatic heterocycles. The highest BCUT2D eigenvalue weighted by molar-refractivity contribution is 5.84. The van der Waals surface area contributed by atoms with Crippen molar-refractivity contribution in [1.29, 1.82) is 0 Å². The molecule has 1 aliphatic heterocycles. The molecule has 1 fully saturated rings. The van der Waals surface area contributed by atoms with E-state index in [1.807, 2.05) is 24.8 Å². The fraction of sp³-hybridized carbons (Fsp3) is 0.300. The van der Waals surface area contributed by atoms with Gasteiger partial charge in [-0.2, -0.15) is 0 Å². The molecule has 4 rings (SSSR count). The molecule has 1 atom stereocenters. The van der Waals surface area contributed by atoms with Crippen LogP contribution in [-0.2, 0) is 13.0 Å². The number of hydrogen-bond acceptors (Lipinski definition) is 3. The Morgan fingerprint density at radius 3 is 2.78 bits per heavy atom. The van der Waals surface area contributed by atoms with Gasteiger partial charge < -0.3 is 0 Å². The summed E-state index contributed by atoms with van der Waals surface area (Å²) in [7, 11) is 0. The first-order chi connectivity index (χ1) is 11.4. The van der Waals surface area contributed by atoms with E-state index in [4.69, 9.17) is 0 Å². The van der Waals surface area contributed by atoms with Crippen LogP contribution < -0.4 is 0 Å². The van der Waals surface area contributed by atoms with Crippen molar-refractivity contribution >= 4 is 10.8 Å². The fourth-order valence-corrected chi connectivity index (χ4v) is 3.62. The zero-order chi connectivity index (χ0) is 15.5. The molecule has 3 aromatic rings. The Kier molecular flexibility index (Phi) is 4.03. The Balaban J connectivity index is 1.44. The Morgan fingerprint density at radius 2 is 1.87 bits per heavy atom. The molecule has 3 heteroatoms. The zero-order valence-electron chi connectivity index (χ0n) is 13.2. The summed E-state index contributed by atoms with van der Waals surface area (Å²) in [5, 5.41) is 2.60. The van der Waals surface area contributed by atoms with E-state index in [2.05, 4.69) is 51.3 Å². The van der Waals surface area contributed by atoms with E-state index >= 15 is 0 Å². The van der Waals surface area contributed by atoms with Crippen LogP contribution in [0.3, 0.4) is 0 Å². The van der Waals surface area contributed by atoms with Crippen LogP contribution in [-0.4, -0.2) is 28.0 Å². The SMILES string of the molecule is c1ccc2c(CC3CCN(Cc4ccncc4)C3)cncc2c1. The largest absolute Gasteiger partial charge is 0.299 e. The molecule has 0 spiro atoms. The summed E-state index contributed by atoms with van der Waals surface area (Å²) in [6, 6.07) is 12.8. The average Bonchev–Trinajstić information content (AvgIpc) is 3.03. The van der Waals surface area contributed by atoms with Gasteiger partial charge in [-0.15, -0.1) is 0 Å². The van der Waals surface area contributed by atoms with Crippen molar-refractivity contribution < 1.29 is 0 Å². The maximum Gasteiger partial charge on any atom is 0.0346 e. The number of rotatable bonds is 4. The lowest BCUT2D eigenvalue weighted by molar-refractivity contribution is 0.316. The third-order valence-electron chi connectivity index (χ3n) is 4.78. The van der Waals surface area contributed by atoms with Gasteiger partial charge in [0, 0.05) is 43.3 Å². The van der Waals surface area contributed by atoms with Crippen LogP contribution in [0.2, 0.25) is 0 Å². The summed E-state index contributed by atoms with van der Waals surface area (Å²) in [5.74, 6) is 0.726. The van der Waals surface area contributed by atoms with Crippen LogP contribution in [0.4, 0.5) is 0 Å². The van der Waals surface area contributed by atoms with Gasteiger partial charge in [0.2, 0.25) is 0 Å². The number of likely N-dealkylation sites (tertiary alicyclic amines) is 1. The highest BCUT2D eigenvalue weighted by Gasteiger charge is 2.23. The van der Waals surface area contributed by atoms with Crippen molar-refractivity contribution in [1.82, 2.24) is 14.9 Å². The molecule has 1 unspecified atom stereocenters. The summed E-state index contributed by atoms with van der Waals surface area (Å²) in [6.07, 6.45) is 10.2. The van der Waals surface area contributed by atoms with E-state index in [9.17, 15) is 0 Å². The van der Waals surface area contributed by atoms with E-state index in [1.165, 1.54) is 41.4 Å². The standard InChI is InChI=1S/C20H21N3/c1-2-4-20-18(3-1)12-22-13-19(20)11-17-7-10-23(15-17)14-16-5-8-21-9-6-16/h1-6,8-9,12-13,17H,7,10-11,14-15H2. The number of benzene rings is 1. The van der Waals surface area contributed by atoms with Crippen LogP contribution >= 0.6 is 0 Å². The molecule has 0 aliphatic carbocycles. The molecule has 0 saturated carbocycles. The van der Waals surface area contributed by atoms with E-state index in [1.54, 1.807) is 0 Å². The van der Waals surface area contributed by atoms with Crippen molar-refractivity contribution in [2.75, 3.05) is 13.1 Å². The monoisotopic (exact) mass is 303 g/mol. The highest BCUT2D eigenvalue weighted by atomic mass is 15.1. The number of fused-ring (bicyclic) bond motifs is 1. The minimum Gasteiger partial charge on any atom is -0.299 e. The van der Waals surface area contributed by atoms with Gasteiger partial charge in [0.15, 0.2) is 0 Å². The van der Waals surface area contributed by atoms with Gasteiger partial charge in [-0.05, 0) is 54.0 Å². The molecule has 23 heavy (non-hydrogen) atoms. The quantitative estimate of drug-likeness (QED) is 0.736. The first kappa shape index (κ1) is 14.3. The predicted molar refractivity (Wildman–Crippen MR) is 93.1 cm³/mol. The van der Waals surface area contributed by atoms with Gasteiger partial charge in [-0.1, -0.05) is 24.3 Å². The average molecular weight is 303 g/mol. The molecule has 1 aliphatic rings. The molecule has 1 saturated heterocycles. The minimum absolute atomic E-state index is 0.726. The lowest BCUT2D eigenvalue weighted by Crippen LogP contribution is -2.20. The Bertz CT molecular complexity index is 780. The molecule has 3 nitrogen and oxygen atoms in total. The summed E-state index contributed by atoms with van der Waals surface area (Å²) < 4.78 is 0. The number of aromatic nitrogens is 2. The Morgan fingerprint density at radius 1 is 1.00 bits per heavy atom. The van der Waals surface area contributed by atoms with Crippen LogP contribution in [0.25, 0.3) is 10.8 Å². The number of hydrogen-bond donors (Lipinski definition) is 0. The number of pyridine rings is 2. The van der Waals surface area contributed by atoms with Crippen LogP contribution in [0, 0.1) is 5.92 Å². The summed E-state index contributed by atoms with van der Waals surface area (Å²) in [4.78, 5) is 11.1. The van der Waals surface area contributed by atoms with Gasteiger partial charge in [-0.25, -0.2) is 0 Å². The highest BCUT2D eigenvalue weighted by Crippen LogP contribution is 2.25. The zero-order valence-corrected chi connectivity index (χ0v) is 13.2. The smallest absolute Gasteiger partial charge is 0.0346 e. The molecular weight excluding hydrogens is 282 g/mol. The van der Waals surface area contributed by atoms with E-state index < -0.39 is 0 Å². The topological polar surface area (TPSA) is 29.0 Å². The van der Waals surface area contributed by atoms with Crippen molar-refractivity contribution in [2.24, 2.45) is 5.92 Å². The normalized spacial score (nSPS) is 18.5. The Labute approximate surface area is 137 Å². The van der Waals surface area contributed by atoms with Gasteiger partial charge in [0.1, 0.15) is 0 Å². The summed E-state index contributed by atoms with van der Waals surface area (Å²) in [5.41, 5.74) is 2.74. The van der Waals surface area contributed by atoms with E-state index in [0.717, 1.165) is 18.9 Å². The van der Waals surface area contributed by atoms with Gasteiger partial charge in [0.05, 0.1) is 0 Å². The van der Waals surface area contributed by atoms with Crippen LogP contribution in [0.5, 0.6) is 0 Å². The molecule has 0 bridgehead atoms. The van der Waals surface area contributed by atoms with Crippen LogP contribution in [0.1, 0.15) is 17.5 Å². The van der Waals surface area contributed by atoms with Gasteiger partial charge in [-0.3, -0.25) is 14.9 Å². The minimum atomic E-state index is 0.726. The van der Waals surface area contributed by atoms with E-state index in [0.29, 0.717) is 0 Å². The third-order valence-corrected chi connectivity index (χ3v) is 4.78. The predicted octanol–water partition coefficient (Wildman–Crippen LogP) is 3.69. The molecule has 0 radical (unpaired) electrons. The molecule has 1 aromatic carbocycles. The Hall–Kier alpha value is -2.26. The second kappa shape index (κ2) is 6.47. The third kappa shape index (κ3) is 3.25. The van der Waals surface area contributed by atoms with Crippen molar-refractivity contribution in [3.05, 3.63) is 72.3 Å². The fourth-order valence-electron chi connectivity index (χ4n) is 3.62. The molecular formula is C20H21N3. The lowest BCUT2D eigenvalue weighted by Gasteiger charge is -2.16. The lowest BCUT2D eigenvalue weighted by atomic mass is 9.96. The molecule has 0 amide bonds. The number of nitrogens with zero attached hydrogens (tertiary/aromatic N) is 3. The van der Waals surface area contributed by atoms with Crippen molar-refractivity contribution in [3.63, 3.8) is 0 Å². The van der Waals surface area contributed by atoms with Gasteiger partial charge in [0.25, 0.3) is 0 Å². The van der Waals surface area contributed by atoms with Crippen LogP contribution in [0.15, 0.2) is 61.2 Å². The maximum absolute atomic E-state index is 4.42. The second-order valence-corrected chi connectivity index (χ2v) is 6.47. The molecule has 0 N–H and O–H groups in total. The first-order valence-corrected chi connectivity index (χ1v) is 8.31. The van der Waals surface area contributed by atoms with Gasteiger partial charge >= 0.3 is 0 Å². The molecule has 3 heterocycles. The second-order valence-electron chi connectivity index (χ2n) is 6.47. The summed E-state index contributed by atoms with van der Waals surface area (Å²) in [6.45, 7) is 3.39. The molecule has 116 valence electrons.